The van der Waals surface area contributed by atoms with Gasteiger partial charge in [-0.1, -0.05) is 128 Å². The van der Waals surface area contributed by atoms with Gasteiger partial charge in [0.1, 0.15) is 0 Å². The summed E-state index contributed by atoms with van der Waals surface area (Å²) in [6.45, 7) is 48.2. The molecule has 0 aromatic rings. The predicted octanol–water partition coefficient (Wildman–Crippen LogP) is 12.2. The topological polar surface area (TPSA) is 120 Å². The van der Waals surface area contributed by atoms with Gasteiger partial charge < -0.3 is 26.9 Å². The molecular formula is C50H86N4O5V2. The minimum Gasteiger partial charge on any atom is -0.733 e. The molecule has 2 atom stereocenters. The van der Waals surface area contributed by atoms with E-state index in [1.807, 2.05) is 79.4 Å². The molecule has 4 amide bonds. The van der Waals surface area contributed by atoms with Crippen molar-refractivity contribution in [2.45, 2.75) is 181 Å². The smallest absolute Gasteiger partial charge is 0.733 e. The predicted molar refractivity (Wildman–Crippen MR) is 252 cm³/mol. The third kappa shape index (κ3) is 33.5. The molecule has 11 heteroatoms. The molecule has 0 N–H and O–H groups in total. The van der Waals surface area contributed by atoms with Gasteiger partial charge in [-0.25, -0.2) is 6.08 Å². The van der Waals surface area contributed by atoms with Crippen LogP contribution in [0.1, 0.15) is 159 Å². The Balaban J connectivity index is -0.000000147. The Hall–Kier alpha value is -2.68. The van der Waals surface area contributed by atoms with E-state index < -0.39 is 5.54 Å². The second kappa shape index (κ2) is 30.4. The molecule has 0 aromatic heterocycles. The minimum atomic E-state index is -0.405. The van der Waals surface area contributed by atoms with Gasteiger partial charge >= 0.3 is 37.1 Å². The van der Waals surface area contributed by atoms with Crippen molar-refractivity contribution in [3.05, 3.63) is 84.6 Å². The summed E-state index contributed by atoms with van der Waals surface area (Å²) >= 11 is 0. The number of ketones is 1. The van der Waals surface area contributed by atoms with E-state index in [0.29, 0.717) is 24.3 Å². The van der Waals surface area contributed by atoms with E-state index in [1.165, 1.54) is 29.9 Å². The number of hydrogen-bond acceptors (Lipinski definition) is 5. The van der Waals surface area contributed by atoms with Crippen molar-refractivity contribution in [1.82, 2.24) is 9.80 Å². The Morgan fingerprint density at radius 2 is 1.13 bits per heavy atom. The van der Waals surface area contributed by atoms with Crippen LogP contribution in [0.4, 0.5) is 0 Å². The zero-order valence-electron chi connectivity index (χ0n) is 39.8. The molecular weight excluding hydrogens is 838 g/mol. The summed E-state index contributed by atoms with van der Waals surface area (Å²) in [5.74, 6) is 0.900. The molecule has 0 spiro atoms. The molecule has 0 saturated heterocycles. The minimum absolute atomic E-state index is 0. The average molecular weight is 925 g/mol. The number of imide groups is 1. The molecule has 0 aromatic carbocycles. The van der Waals surface area contributed by atoms with E-state index in [-0.39, 0.29) is 103 Å². The maximum atomic E-state index is 11.1. The third-order valence-electron chi connectivity index (χ3n) is 8.54. The summed E-state index contributed by atoms with van der Waals surface area (Å²) in [6, 6.07) is 0. The second-order valence-corrected chi connectivity index (χ2v) is 20.6. The first-order valence-corrected chi connectivity index (χ1v) is 20.0. The van der Waals surface area contributed by atoms with Crippen molar-refractivity contribution in [2.75, 3.05) is 13.1 Å². The van der Waals surface area contributed by atoms with Crippen LogP contribution in [0, 0.1) is 35.8 Å². The zero-order valence-corrected chi connectivity index (χ0v) is 42.6. The Morgan fingerprint density at radius 1 is 0.656 bits per heavy atom. The fourth-order valence-electron chi connectivity index (χ4n) is 5.32. The van der Waals surface area contributed by atoms with E-state index >= 15 is 0 Å². The zero-order chi connectivity index (χ0) is 45.2. The van der Waals surface area contributed by atoms with Crippen molar-refractivity contribution in [2.24, 2.45) is 22.7 Å². The summed E-state index contributed by atoms with van der Waals surface area (Å²) in [6.07, 6.45) is 20.4. The Bertz CT molecular complexity index is 1450. The molecule has 0 bridgehead atoms. The molecule has 0 fully saturated rings. The van der Waals surface area contributed by atoms with Gasteiger partial charge in [0.05, 0.1) is 0 Å². The van der Waals surface area contributed by atoms with Crippen LogP contribution in [0.15, 0.2) is 60.8 Å². The van der Waals surface area contributed by atoms with E-state index in [0.717, 1.165) is 18.5 Å². The molecule has 2 aliphatic carbocycles. The van der Waals surface area contributed by atoms with Crippen molar-refractivity contribution >= 4 is 29.4 Å². The largest absolute Gasteiger partial charge is 2.00 e. The first kappa shape index (κ1) is 70.0. The number of nitrogens with zero attached hydrogens (tertiary/aromatic N) is 4. The second-order valence-electron chi connectivity index (χ2n) is 20.6. The van der Waals surface area contributed by atoms with Crippen molar-refractivity contribution in [3.8, 4) is 0 Å². The van der Waals surface area contributed by atoms with E-state index in [4.69, 9.17) is 13.2 Å². The fraction of sp³-hybridized carbons (Fsp3) is 0.660. The Kier molecular flexibility index (Phi) is 34.9. The van der Waals surface area contributed by atoms with Gasteiger partial charge in [0.2, 0.25) is 5.91 Å². The standard InChI is InChI=1S/C9H14O.C9H16.C8H11NO2.C8H13NO.C7H12NO.C7H13N.2CH4.2V/c1-9(2,3)7-4-5-8(10)6-7;1-9(2,3)8-6-4-5-7-8;1-8(2,3)9-6(10)4-5-7(9)11;1-8(2,3)9-6-4-5-7(9)10;1-5-6(9)8-7(2,3)4;1-5-6-8-7(2,3)4;;;;/h4-5,7H,6H2,1-3H3;4,6,8H,5,7H2,1-3H3;4-5H,1-3H3;4-5H,6H2,1-3H3;1,5H,2-4H3,(H,8,9);1,5H,6H2,2-4H3;2*1H4;;/q;;;;-1;-2;;;2*+2/p-1. The van der Waals surface area contributed by atoms with Gasteiger partial charge in [-0.2, -0.15) is 6.54 Å². The molecule has 2 radical (unpaired) electrons. The van der Waals surface area contributed by atoms with Gasteiger partial charge in [-0.05, 0) is 83.1 Å². The average Bonchev–Trinajstić information content (AvgIpc) is 3.84. The van der Waals surface area contributed by atoms with Gasteiger partial charge in [0, 0.05) is 42.3 Å². The molecule has 0 saturated carbocycles. The van der Waals surface area contributed by atoms with Crippen LogP contribution in [-0.2, 0) is 61.1 Å². The van der Waals surface area contributed by atoms with E-state index in [2.05, 4.69) is 85.1 Å². The van der Waals surface area contributed by atoms with Crippen LogP contribution in [0.3, 0.4) is 0 Å². The van der Waals surface area contributed by atoms with Crippen LogP contribution < -0.4 is 0 Å². The molecule has 9 nitrogen and oxygen atoms in total. The summed E-state index contributed by atoms with van der Waals surface area (Å²) in [7, 11) is 0. The Morgan fingerprint density at radius 3 is 1.30 bits per heavy atom. The number of allylic oxidation sites excluding steroid dienone is 4. The summed E-state index contributed by atoms with van der Waals surface area (Å²) in [5.41, 5.74) is 0.0662. The van der Waals surface area contributed by atoms with E-state index in [1.54, 1.807) is 18.2 Å². The monoisotopic (exact) mass is 925 g/mol. The summed E-state index contributed by atoms with van der Waals surface area (Å²) in [5, 5.41) is 7.90. The SMILES string of the molecule is C.C.CC(C)(C)C1C=CC(=O)C1.CC(C)(C)C1C=CCC1.CC(C)(C)N1C(=O)C=CC1=O.CC(C)(C)N1CC=CC1=O.[CH-]=CC(=O)[N-]C(C)(C)C.[CH-]=CC[N-]C(C)(C)C.[V+2].[V+2]. The maximum absolute atomic E-state index is 11.1. The number of rotatable bonds is 3. The number of amides is 4. The summed E-state index contributed by atoms with van der Waals surface area (Å²) < 4.78 is 0. The van der Waals surface area contributed by atoms with Crippen LogP contribution >= 0.6 is 0 Å². The Labute approximate surface area is 399 Å². The molecule has 4 rings (SSSR count). The maximum Gasteiger partial charge on any atom is 2.00 e. The number of carbonyl (C=O) groups is 5. The number of hydrogen-bond donors (Lipinski definition) is 0. The van der Waals surface area contributed by atoms with Crippen LogP contribution in [0.2, 0.25) is 0 Å². The quantitative estimate of drug-likeness (QED) is 0.121. The van der Waals surface area contributed by atoms with Crippen LogP contribution in [0.25, 0.3) is 10.6 Å². The third-order valence-corrected chi connectivity index (χ3v) is 8.54. The first-order chi connectivity index (χ1) is 25.6. The normalized spacial score (nSPS) is 17.7. The van der Waals surface area contributed by atoms with Crippen LogP contribution in [-0.4, -0.2) is 74.5 Å². The van der Waals surface area contributed by atoms with Crippen molar-refractivity contribution in [1.29, 1.82) is 0 Å². The molecule has 2 unspecified atom stereocenters. The van der Waals surface area contributed by atoms with Gasteiger partial charge in [-0.15, -0.1) is 11.1 Å². The molecule has 61 heavy (non-hydrogen) atoms. The van der Waals surface area contributed by atoms with Gasteiger partial charge in [0.15, 0.2) is 5.78 Å². The van der Waals surface area contributed by atoms with Crippen molar-refractivity contribution in [3.63, 3.8) is 0 Å². The van der Waals surface area contributed by atoms with E-state index in [9.17, 15) is 24.0 Å². The summed E-state index contributed by atoms with van der Waals surface area (Å²) in [4.78, 5) is 57.5. The molecule has 346 valence electrons. The molecule has 4 aliphatic rings. The van der Waals surface area contributed by atoms with Crippen LogP contribution in [0.5, 0.6) is 0 Å². The van der Waals surface area contributed by atoms with Gasteiger partial charge in [0.25, 0.3) is 11.8 Å². The number of carbonyl (C=O) groups excluding carboxylic acids is 5. The molecule has 2 aliphatic heterocycles. The molecule has 2 heterocycles. The van der Waals surface area contributed by atoms with Crippen molar-refractivity contribution < 1.29 is 61.1 Å². The van der Waals surface area contributed by atoms with Gasteiger partial charge in [-0.3, -0.25) is 36.7 Å². The fourth-order valence-corrected chi connectivity index (χ4v) is 5.32. The first-order valence-electron chi connectivity index (χ1n) is 20.0.